The summed E-state index contributed by atoms with van der Waals surface area (Å²) in [5.74, 6) is -0.817. The Morgan fingerprint density at radius 2 is 2.40 bits per heavy atom. The van der Waals surface area contributed by atoms with E-state index >= 15 is 0 Å². The van der Waals surface area contributed by atoms with Crippen molar-refractivity contribution in [3.8, 4) is 0 Å². The van der Waals surface area contributed by atoms with E-state index in [-0.39, 0.29) is 17.8 Å². The van der Waals surface area contributed by atoms with Crippen molar-refractivity contribution < 1.29 is 9.90 Å². The average Bonchev–Trinajstić information content (AvgIpc) is 2.59. The van der Waals surface area contributed by atoms with Crippen LogP contribution >= 0.6 is 0 Å². The summed E-state index contributed by atoms with van der Waals surface area (Å²) in [7, 11) is 0. The Kier molecular flexibility index (Phi) is 2.00. The number of hydrogen-bond acceptors (Lipinski definition) is 4. The number of aryl methyl sites for hydroxylation is 1. The molecule has 0 amide bonds. The van der Waals surface area contributed by atoms with Gasteiger partial charge in [-0.15, -0.1) is 0 Å². The number of aromatic amines is 1. The highest BCUT2D eigenvalue weighted by molar-refractivity contribution is 5.70. The maximum atomic E-state index is 11.7. The van der Waals surface area contributed by atoms with Gasteiger partial charge in [0.25, 0.3) is 11.3 Å². The molecule has 78 valence electrons. The maximum Gasteiger partial charge on any atom is 0.308 e. The van der Waals surface area contributed by atoms with Crippen molar-refractivity contribution in [3.05, 3.63) is 27.9 Å². The molecule has 0 aliphatic carbocycles. The molecule has 0 aromatic carbocycles. The summed E-state index contributed by atoms with van der Waals surface area (Å²) in [6.07, 6.45) is 0.993. The van der Waals surface area contributed by atoms with E-state index in [2.05, 4.69) is 15.1 Å². The predicted octanol–water partition coefficient (Wildman–Crippen LogP) is -0.647. The van der Waals surface area contributed by atoms with Gasteiger partial charge in [-0.3, -0.25) is 14.7 Å². The molecule has 0 saturated heterocycles. The van der Waals surface area contributed by atoms with E-state index in [0.717, 1.165) is 4.52 Å². The van der Waals surface area contributed by atoms with Crippen LogP contribution in [-0.4, -0.2) is 30.7 Å². The van der Waals surface area contributed by atoms with E-state index < -0.39 is 11.5 Å². The number of aliphatic carboxylic acids is 1. The van der Waals surface area contributed by atoms with Crippen LogP contribution in [0.5, 0.6) is 0 Å². The molecule has 0 bridgehead atoms. The molecule has 0 aliphatic rings. The lowest BCUT2D eigenvalue weighted by molar-refractivity contribution is -0.136. The molecule has 2 aromatic heterocycles. The highest BCUT2D eigenvalue weighted by Crippen LogP contribution is 2.01. The molecule has 2 heterocycles. The smallest absolute Gasteiger partial charge is 0.308 e. The second-order valence-electron chi connectivity index (χ2n) is 3.07. The molecule has 0 radical (unpaired) electrons. The van der Waals surface area contributed by atoms with Crippen molar-refractivity contribution in [1.29, 1.82) is 0 Å². The van der Waals surface area contributed by atoms with Crippen LogP contribution < -0.4 is 5.56 Å². The van der Waals surface area contributed by atoms with Crippen molar-refractivity contribution in [2.24, 2.45) is 0 Å². The maximum absolute atomic E-state index is 11.7. The first-order valence-corrected chi connectivity index (χ1v) is 4.23. The van der Waals surface area contributed by atoms with E-state index in [1.165, 1.54) is 6.33 Å². The van der Waals surface area contributed by atoms with Crippen molar-refractivity contribution in [1.82, 2.24) is 19.6 Å². The van der Waals surface area contributed by atoms with Crippen LogP contribution in [0.2, 0.25) is 0 Å². The fourth-order valence-electron chi connectivity index (χ4n) is 1.35. The Balaban J connectivity index is 2.72. The van der Waals surface area contributed by atoms with Crippen LogP contribution in [0.15, 0.2) is 11.1 Å². The Bertz CT molecular complexity index is 583. The normalized spacial score (nSPS) is 10.7. The summed E-state index contributed by atoms with van der Waals surface area (Å²) in [4.78, 5) is 30.1. The molecule has 0 aliphatic heterocycles. The van der Waals surface area contributed by atoms with E-state index in [0.29, 0.717) is 5.69 Å². The summed E-state index contributed by atoms with van der Waals surface area (Å²) < 4.78 is 1.12. The van der Waals surface area contributed by atoms with E-state index in [9.17, 15) is 9.59 Å². The van der Waals surface area contributed by atoms with E-state index in [1.54, 1.807) is 6.92 Å². The van der Waals surface area contributed by atoms with Crippen LogP contribution in [0.1, 0.15) is 11.3 Å². The highest BCUT2D eigenvalue weighted by Gasteiger charge is 2.13. The minimum Gasteiger partial charge on any atom is -0.481 e. The topological polar surface area (TPSA) is 100 Å². The van der Waals surface area contributed by atoms with Crippen LogP contribution in [0.25, 0.3) is 5.78 Å². The summed E-state index contributed by atoms with van der Waals surface area (Å²) >= 11 is 0. The van der Waals surface area contributed by atoms with Gasteiger partial charge < -0.3 is 5.11 Å². The van der Waals surface area contributed by atoms with Crippen LogP contribution in [-0.2, 0) is 11.2 Å². The standard InChI is InChI=1S/C8H8N4O3/c1-4-5(2-6(13)14)7(15)12-8(11-4)9-3-10-12/h3H,2H2,1H3,(H,13,14)(H,9,10,11). The highest BCUT2D eigenvalue weighted by atomic mass is 16.4. The van der Waals surface area contributed by atoms with Crippen LogP contribution in [0, 0.1) is 6.92 Å². The molecule has 15 heavy (non-hydrogen) atoms. The van der Waals surface area contributed by atoms with Crippen LogP contribution in [0.3, 0.4) is 0 Å². The van der Waals surface area contributed by atoms with Gasteiger partial charge in [0.1, 0.15) is 6.33 Å². The van der Waals surface area contributed by atoms with Gasteiger partial charge in [0.05, 0.1) is 17.7 Å². The van der Waals surface area contributed by atoms with Crippen molar-refractivity contribution in [2.75, 3.05) is 0 Å². The Labute approximate surface area is 83.4 Å². The summed E-state index contributed by atoms with van der Waals surface area (Å²) in [5, 5.41) is 11.2. The number of nitrogens with one attached hydrogen (secondary N) is 1. The molecule has 7 nitrogen and oxygen atoms in total. The van der Waals surface area contributed by atoms with Gasteiger partial charge in [0, 0.05) is 0 Å². The molecule has 0 saturated carbocycles. The molecule has 7 heteroatoms. The molecule has 0 unspecified atom stereocenters. The SMILES string of the molecule is Cc1nc2nc[nH]n2c(=O)c1CC(=O)O. The van der Waals surface area contributed by atoms with Gasteiger partial charge in [0.15, 0.2) is 0 Å². The van der Waals surface area contributed by atoms with Gasteiger partial charge in [-0.25, -0.2) is 9.97 Å². The first kappa shape index (κ1) is 9.38. The van der Waals surface area contributed by atoms with Gasteiger partial charge in [0.2, 0.25) is 0 Å². The van der Waals surface area contributed by atoms with Gasteiger partial charge in [-0.05, 0) is 6.92 Å². The average molecular weight is 208 g/mol. The van der Waals surface area contributed by atoms with Gasteiger partial charge >= 0.3 is 5.97 Å². The number of rotatable bonds is 2. The largest absolute Gasteiger partial charge is 0.481 e. The zero-order valence-electron chi connectivity index (χ0n) is 7.89. The Hall–Kier alpha value is -2.18. The molecule has 0 fully saturated rings. The number of aromatic nitrogens is 4. The fraction of sp³-hybridized carbons (Fsp3) is 0.250. The Morgan fingerprint density at radius 1 is 1.67 bits per heavy atom. The van der Waals surface area contributed by atoms with Crippen molar-refractivity contribution in [3.63, 3.8) is 0 Å². The molecule has 2 aromatic rings. The Morgan fingerprint density at radius 3 is 3.07 bits per heavy atom. The summed E-state index contributed by atoms with van der Waals surface area (Å²) in [5.41, 5.74) is 0.149. The molecular weight excluding hydrogens is 200 g/mol. The lowest BCUT2D eigenvalue weighted by Crippen LogP contribution is -2.24. The van der Waals surface area contributed by atoms with Crippen LogP contribution in [0.4, 0.5) is 0 Å². The number of carboxylic acids is 1. The number of carboxylic acid groups (broad SMARTS) is 1. The number of H-pyrrole nitrogens is 1. The monoisotopic (exact) mass is 208 g/mol. The third-order valence-corrected chi connectivity index (χ3v) is 2.06. The van der Waals surface area contributed by atoms with E-state index in [1.807, 2.05) is 0 Å². The van der Waals surface area contributed by atoms with E-state index in [4.69, 9.17) is 5.11 Å². The number of carbonyl (C=O) groups is 1. The third-order valence-electron chi connectivity index (χ3n) is 2.06. The second kappa shape index (κ2) is 3.19. The summed E-state index contributed by atoms with van der Waals surface area (Å²) in [6.45, 7) is 1.59. The quantitative estimate of drug-likeness (QED) is 0.683. The minimum atomic E-state index is -1.06. The molecule has 0 spiro atoms. The first-order chi connectivity index (χ1) is 7.09. The molecule has 0 atom stereocenters. The molecular formula is C8H8N4O3. The number of hydrogen-bond donors (Lipinski definition) is 2. The lowest BCUT2D eigenvalue weighted by atomic mass is 10.2. The van der Waals surface area contributed by atoms with Crippen molar-refractivity contribution >= 4 is 11.7 Å². The van der Waals surface area contributed by atoms with Gasteiger partial charge in [-0.2, -0.15) is 4.52 Å². The molecule has 2 rings (SSSR count). The second-order valence-corrected chi connectivity index (χ2v) is 3.07. The zero-order valence-corrected chi connectivity index (χ0v) is 7.89. The lowest BCUT2D eigenvalue weighted by Gasteiger charge is -2.01. The summed E-state index contributed by atoms with van der Waals surface area (Å²) in [6, 6.07) is 0. The zero-order chi connectivity index (χ0) is 11.0. The fourth-order valence-corrected chi connectivity index (χ4v) is 1.35. The molecule has 2 N–H and O–H groups in total. The number of fused-ring (bicyclic) bond motifs is 1. The number of nitrogens with zero attached hydrogens (tertiary/aromatic N) is 3. The third kappa shape index (κ3) is 1.47. The predicted molar refractivity (Wildman–Crippen MR) is 49.7 cm³/mol. The van der Waals surface area contributed by atoms with Gasteiger partial charge in [-0.1, -0.05) is 0 Å². The minimum absolute atomic E-state index is 0.171. The van der Waals surface area contributed by atoms with Crippen molar-refractivity contribution in [2.45, 2.75) is 13.3 Å². The first-order valence-electron chi connectivity index (χ1n) is 4.23.